The maximum atomic E-state index is 5.94. The number of ether oxygens (including phenoxy) is 1. The molecular weight excluding hydrogens is 282 g/mol. The van der Waals surface area contributed by atoms with Gasteiger partial charge in [-0.15, -0.1) is 0 Å². The van der Waals surface area contributed by atoms with Gasteiger partial charge in [-0.05, 0) is 35.2 Å². The van der Waals surface area contributed by atoms with Crippen molar-refractivity contribution in [1.82, 2.24) is 5.32 Å². The molecule has 0 radical (unpaired) electrons. The maximum Gasteiger partial charge on any atom is 0.0713 e. The van der Waals surface area contributed by atoms with E-state index in [0.29, 0.717) is 12.6 Å². The molecule has 2 aromatic rings. The van der Waals surface area contributed by atoms with Crippen molar-refractivity contribution in [2.75, 3.05) is 7.11 Å². The fourth-order valence-corrected chi connectivity index (χ4v) is 2.48. The van der Waals surface area contributed by atoms with E-state index in [1.165, 1.54) is 16.7 Å². The van der Waals surface area contributed by atoms with Crippen LogP contribution in [-0.4, -0.2) is 7.11 Å². The Hall–Kier alpha value is -1.35. The van der Waals surface area contributed by atoms with Crippen molar-refractivity contribution in [3.05, 3.63) is 70.2 Å². The van der Waals surface area contributed by atoms with Crippen LogP contribution in [0.1, 0.15) is 36.1 Å². The smallest absolute Gasteiger partial charge is 0.0713 e. The summed E-state index contributed by atoms with van der Waals surface area (Å²) in [6.07, 6.45) is 1.05. The van der Waals surface area contributed by atoms with Crippen LogP contribution in [0.25, 0.3) is 0 Å². The van der Waals surface area contributed by atoms with E-state index in [1.807, 2.05) is 12.1 Å². The number of nitrogens with one attached hydrogen (secondary N) is 1. The summed E-state index contributed by atoms with van der Waals surface area (Å²) in [5, 5.41) is 4.38. The Kier molecular flexibility index (Phi) is 6.24. The molecule has 0 saturated heterocycles. The molecule has 0 aromatic heterocycles. The highest BCUT2D eigenvalue weighted by Crippen LogP contribution is 2.19. The Morgan fingerprint density at radius 1 is 1.00 bits per heavy atom. The van der Waals surface area contributed by atoms with E-state index in [-0.39, 0.29) is 0 Å². The lowest BCUT2D eigenvalue weighted by atomic mass is 10.0. The van der Waals surface area contributed by atoms with E-state index in [4.69, 9.17) is 16.3 Å². The second kappa shape index (κ2) is 8.18. The average molecular weight is 304 g/mol. The molecule has 0 spiro atoms. The highest BCUT2D eigenvalue weighted by Gasteiger charge is 2.08. The number of hydrogen-bond acceptors (Lipinski definition) is 2. The summed E-state index contributed by atoms with van der Waals surface area (Å²) in [6, 6.07) is 16.9. The minimum atomic E-state index is 0.348. The first-order chi connectivity index (χ1) is 10.2. The molecule has 1 atom stereocenters. The normalized spacial score (nSPS) is 12.3. The molecule has 1 unspecified atom stereocenters. The Morgan fingerprint density at radius 2 is 1.62 bits per heavy atom. The molecule has 1 N–H and O–H groups in total. The van der Waals surface area contributed by atoms with Crippen LogP contribution in [0.3, 0.4) is 0 Å². The molecule has 0 aliphatic rings. The quantitative estimate of drug-likeness (QED) is 0.798. The van der Waals surface area contributed by atoms with Crippen molar-refractivity contribution < 1.29 is 4.74 Å². The molecule has 0 saturated carbocycles. The summed E-state index contributed by atoms with van der Waals surface area (Å²) in [5.74, 6) is 0. The monoisotopic (exact) mass is 303 g/mol. The summed E-state index contributed by atoms with van der Waals surface area (Å²) in [7, 11) is 1.72. The molecule has 2 nitrogen and oxygen atoms in total. The minimum Gasteiger partial charge on any atom is -0.380 e. The molecule has 112 valence electrons. The number of benzene rings is 2. The highest BCUT2D eigenvalue weighted by molar-refractivity contribution is 6.30. The summed E-state index contributed by atoms with van der Waals surface area (Å²) < 4.78 is 5.12. The Morgan fingerprint density at radius 3 is 2.19 bits per heavy atom. The van der Waals surface area contributed by atoms with E-state index in [1.54, 1.807) is 7.11 Å². The van der Waals surface area contributed by atoms with Crippen LogP contribution < -0.4 is 5.32 Å². The number of rotatable bonds is 7. The van der Waals surface area contributed by atoms with Crippen LogP contribution in [0.5, 0.6) is 0 Å². The summed E-state index contributed by atoms with van der Waals surface area (Å²) in [5.41, 5.74) is 3.76. The lowest BCUT2D eigenvalue weighted by Gasteiger charge is -2.18. The third-order valence-corrected chi connectivity index (χ3v) is 3.82. The van der Waals surface area contributed by atoms with Gasteiger partial charge in [0.25, 0.3) is 0 Å². The molecule has 0 heterocycles. The molecule has 0 amide bonds. The average Bonchev–Trinajstić information content (AvgIpc) is 2.51. The van der Waals surface area contributed by atoms with Gasteiger partial charge in [-0.1, -0.05) is 54.9 Å². The second-order valence-corrected chi connectivity index (χ2v) is 5.58. The van der Waals surface area contributed by atoms with Crippen LogP contribution in [0.2, 0.25) is 5.02 Å². The van der Waals surface area contributed by atoms with E-state index < -0.39 is 0 Å². The van der Waals surface area contributed by atoms with E-state index in [2.05, 4.69) is 48.6 Å². The molecule has 2 rings (SSSR count). The minimum absolute atomic E-state index is 0.348. The maximum absolute atomic E-state index is 5.94. The first kappa shape index (κ1) is 16.0. The van der Waals surface area contributed by atoms with Crippen LogP contribution in [0, 0.1) is 0 Å². The molecule has 21 heavy (non-hydrogen) atoms. The van der Waals surface area contributed by atoms with Crippen molar-refractivity contribution >= 4 is 11.6 Å². The van der Waals surface area contributed by atoms with Crippen molar-refractivity contribution in [2.24, 2.45) is 0 Å². The van der Waals surface area contributed by atoms with Crippen LogP contribution in [-0.2, 0) is 17.9 Å². The lowest BCUT2D eigenvalue weighted by molar-refractivity contribution is 0.185. The predicted molar refractivity (Wildman–Crippen MR) is 88.5 cm³/mol. The number of hydrogen-bond donors (Lipinski definition) is 1. The predicted octanol–water partition coefficient (Wildman–Crippen LogP) is 4.73. The largest absolute Gasteiger partial charge is 0.380 e. The molecule has 2 aromatic carbocycles. The molecule has 0 fully saturated rings. The van der Waals surface area contributed by atoms with Gasteiger partial charge in [-0.25, -0.2) is 0 Å². The fourth-order valence-electron chi connectivity index (χ4n) is 2.35. The lowest BCUT2D eigenvalue weighted by Crippen LogP contribution is -2.20. The molecule has 0 bridgehead atoms. The van der Waals surface area contributed by atoms with Gasteiger partial charge in [-0.3, -0.25) is 0 Å². The Balaban J connectivity index is 1.94. The van der Waals surface area contributed by atoms with E-state index >= 15 is 0 Å². The molecule has 0 aliphatic carbocycles. The standard InChI is InChI=1S/C18H22ClNO/c1-3-18(16-8-10-17(19)11-9-16)20-12-14-4-6-15(7-5-14)13-21-2/h4-11,18,20H,3,12-13H2,1-2H3. The zero-order valence-electron chi connectivity index (χ0n) is 12.6. The topological polar surface area (TPSA) is 21.3 Å². The first-order valence-corrected chi connectivity index (χ1v) is 7.66. The first-order valence-electron chi connectivity index (χ1n) is 7.28. The van der Waals surface area contributed by atoms with Gasteiger partial charge >= 0.3 is 0 Å². The van der Waals surface area contributed by atoms with Gasteiger partial charge in [-0.2, -0.15) is 0 Å². The molecule has 3 heteroatoms. The zero-order chi connectivity index (χ0) is 15.1. The van der Waals surface area contributed by atoms with Crippen molar-refractivity contribution in [3.63, 3.8) is 0 Å². The molecular formula is C18H22ClNO. The molecule has 0 aliphatic heterocycles. The second-order valence-electron chi connectivity index (χ2n) is 5.14. The van der Waals surface area contributed by atoms with Gasteiger partial charge in [0, 0.05) is 24.7 Å². The van der Waals surface area contributed by atoms with Gasteiger partial charge in [0.15, 0.2) is 0 Å². The Labute approximate surface area is 132 Å². The van der Waals surface area contributed by atoms with E-state index in [0.717, 1.165) is 18.0 Å². The van der Waals surface area contributed by atoms with E-state index in [9.17, 15) is 0 Å². The van der Waals surface area contributed by atoms with Crippen molar-refractivity contribution in [1.29, 1.82) is 0 Å². The Bertz CT molecular complexity index is 536. The highest BCUT2D eigenvalue weighted by atomic mass is 35.5. The van der Waals surface area contributed by atoms with Crippen molar-refractivity contribution in [2.45, 2.75) is 32.5 Å². The number of methoxy groups -OCH3 is 1. The summed E-state index contributed by atoms with van der Waals surface area (Å²) in [6.45, 7) is 3.71. The van der Waals surface area contributed by atoms with Crippen LogP contribution in [0.4, 0.5) is 0 Å². The van der Waals surface area contributed by atoms with Gasteiger partial charge in [0.2, 0.25) is 0 Å². The van der Waals surface area contributed by atoms with Gasteiger partial charge < -0.3 is 10.1 Å². The summed E-state index contributed by atoms with van der Waals surface area (Å²) >= 11 is 5.94. The van der Waals surface area contributed by atoms with Gasteiger partial charge in [0.05, 0.1) is 6.61 Å². The van der Waals surface area contributed by atoms with Gasteiger partial charge in [0.1, 0.15) is 0 Å². The zero-order valence-corrected chi connectivity index (χ0v) is 13.4. The van der Waals surface area contributed by atoms with Crippen LogP contribution in [0.15, 0.2) is 48.5 Å². The van der Waals surface area contributed by atoms with Crippen LogP contribution >= 0.6 is 11.6 Å². The number of halogens is 1. The summed E-state index contributed by atoms with van der Waals surface area (Å²) in [4.78, 5) is 0. The van der Waals surface area contributed by atoms with Crippen molar-refractivity contribution in [3.8, 4) is 0 Å². The third kappa shape index (κ3) is 4.85. The fraction of sp³-hybridized carbons (Fsp3) is 0.333. The SMILES string of the molecule is CCC(NCc1ccc(COC)cc1)c1ccc(Cl)cc1. The third-order valence-electron chi connectivity index (χ3n) is 3.57.